The zero-order chi connectivity index (χ0) is 7.49. The fraction of sp³-hybridized carbons (Fsp3) is 0.400. The predicted octanol–water partition coefficient (Wildman–Crippen LogP) is -0.110. The first-order valence-corrected chi connectivity index (χ1v) is 2.39. The molecule has 0 bridgehead atoms. The summed E-state index contributed by atoms with van der Waals surface area (Å²) in [5.74, 6) is -2.02. The number of carbonyl (C=O) groups excluding carboxylic acids is 1. The van der Waals surface area contributed by atoms with Crippen molar-refractivity contribution in [1.82, 2.24) is 6.15 Å². The summed E-state index contributed by atoms with van der Waals surface area (Å²) >= 11 is 0. The van der Waals surface area contributed by atoms with E-state index in [4.69, 9.17) is 11.5 Å². The average molecular weight is 184 g/mol. The van der Waals surface area contributed by atoms with Crippen molar-refractivity contribution in [3.8, 4) is 0 Å². The van der Waals surface area contributed by atoms with Crippen molar-refractivity contribution < 1.29 is 9.53 Å². The Morgan fingerprint density at radius 3 is 2.09 bits per heavy atom. The maximum Gasteiger partial charge on any atom is 0.332 e. The first kappa shape index (κ1) is 16.8. The Kier molecular flexibility index (Phi) is 9.32. The minimum absolute atomic E-state index is 0. The van der Waals surface area contributed by atoms with Crippen molar-refractivity contribution in [2.24, 2.45) is 11.5 Å². The molecule has 0 saturated carbocycles. The van der Waals surface area contributed by atoms with E-state index in [0.717, 1.165) is 6.08 Å². The molecule has 6 heteroatoms. The van der Waals surface area contributed by atoms with Gasteiger partial charge in [0.15, 0.2) is 0 Å². The van der Waals surface area contributed by atoms with Crippen molar-refractivity contribution in [1.29, 1.82) is 0 Å². The number of nitrogens with two attached hydrogens (primary N) is 2. The molecule has 0 aliphatic heterocycles. The van der Waals surface area contributed by atoms with Crippen LogP contribution in [0.4, 0.5) is 0 Å². The Balaban J connectivity index is -0.000000320. The van der Waals surface area contributed by atoms with Gasteiger partial charge in [0.1, 0.15) is 0 Å². The van der Waals surface area contributed by atoms with Gasteiger partial charge < -0.3 is 10.9 Å². The standard InChI is InChI=1S/C5H10N2O2.ClH.H3N/c1-3-4(8)9-5(2,6)7;;/h3H,1,6-7H2,2H3;1H;1H3. The highest BCUT2D eigenvalue weighted by molar-refractivity contribution is 5.85. The second-order valence-electron chi connectivity index (χ2n) is 1.81. The van der Waals surface area contributed by atoms with Crippen molar-refractivity contribution >= 4 is 18.4 Å². The second kappa shape index (κ2) is 6.11. The summed E-state index contributed by atoms with van der Waals surface area (Å²) in [6.45, 7) is 4.53. The molecule has 0 unspecified atom stereocenters. The van der Waals surface area contributed by atoms with E-state index in [1.165, 1.54) is 6.92 Å². The maximum atomic E-state index is 10.3. The van der Waals surface area contributed by atoms with E-state index >= 15 is 0 Å². The lowest BCUT2D eigenvalue weighted by Crippen LogP contribution is -2.49. The van der Waals surface area contributed by atoms with Gasteiger partial charge in [-0.15, -0.1) is 12.4 Å². The topological polar surface area (TPSA) is 113 Å². The molecule has 0 aliphatic carbocycles. The molecule has 11 heavy (non-hydrogen) atoms. The molecule has 0 aromatic carbocycles. The third-order valence-corrected chi connectivity index (χ3v) is 0.487. The quantitative estimate of drug-likeness (QED) is 0.314. The second-order valence-corrected chi connectivity index (χ2v) is 1.81. The van der Waals surface area contributed by atoms with E-state index in [1.54, 1.807) is 0 Å². The van der Waals surface area contributed by atoms with Gasteiger partial charge in [0, 0.05) is 13.0 Å². The van der Waals surface area contributed by atoms with E-state index in [0.29, 0.717) is 0 Å². The SMILES string of the molecule is C=CC(=O)OC(C)(N)N.Cl.N. The van der Waals surface area contributed by atoms with Crippen LogP contribution in [0.25, 0.3) is 0 Å². The van der Waals surface area contributed by atoms with Gasteiger partial charge in [-0.3, -0.25) is 11.5 Å². The summed E-state index contributed by atoms with van der Waals surface area (Å²) in [5.41, 5.74) is 10.2. The molecule has 0 aliphatic rings. The van der Waals surface area contributed by atoms with Gasteiger partial charge in [0.2, 0.25) is 5.85 Å². The molecule has 5 nitrogen and oxygen atoms in total. The largest absolute Gasteiger partial charge is 0.428 e. The number of rotatable bonds is 2. The van der Waals surface area contributed by atoms with Crippen molar-refractivity contribution in [2.75, 3.05) is 0 Å². The van der Waals surface area contributed by atoms with Crippen LogP contribution in [-0.4, -0.2) is 11.8 Å². The molecule has 0 atom stereocenters. The number of ether oxygens (including phenoxy) is 1. The third kappa shape index (κ3) is 12.6. The van der Waals surface area contributed by atoms with E-state index in [2.05, 4.69) is 11.3 Å². The minimum Gasteiger partial charge on any atom is -0.428 e. The van der Waals surface area contributed by atoms with E-state index in [9.17, 15) is 4.79 Å². The molecule has 0 aromatic rings. The smallest absolute Gasteiger partial charge is 0.332 e. The Hall–Kier alpha value is -0.620. The van der Waals surface area contributed by atoms with Crippen LogP contribution in [0.1, 0.15) is 6.92 Å². The Labute approximate surface area is 71.8 Å². The number of halogens is 1. The van der Waals surface area contributed by atoms with Crippen LogP contribution in [0.5, 0.6) is 0 Å². The van der Waals surface area contributed by atoms with E-state index < -0.39 is 11.8 Å². The minimum atomic E-state index is -1.40. The molecule has 68 valence electrons. The lowest BCUT2D eigenvalue weighted by Gasteiger charge is -2.17. The van der Waals surface area contributed by atoms with E-state index in [1.807, 2.05) is 0 Å². The number of esters is 1. The van der Waals surface area contributed by atoms with Gasteiger partial charge in [-0.1, -0.05) is 6.58 Å². The van der Waals surface area contributed by atoms with Gasteiger partial charge >= 0.3 is 5.97 Å². The van der Waals surface area contributed by atoms with Gasteiger partial charge in [-0.05, 0) is 0 Å². The van der Waals surface area contributed by atoms with Crippen LogP contribution in [0, 0.1) is 0 Å². The van der Waals surface area contributed by atoms with Crippen LogP contribution in [0.15, 0.2) is 12.7 Å². The molecule has 0 spiro atoms. The van der Waals surface area contributed by atoms with Gasteiger partial charge in [0.05, 0.1) is 0 Å². The molecule has 0 rings (SSSR count). The average Bonchev–Trinajstić information content (AvgIpc) is 1.62. The summed E-state index contributed by atoms with van der Waals surface area (Å²) in [6, 6.07) is 0. The molecule has 0 aromatic heterocycles. The predicted molar refractivity (Wildman–Crippen MR) is 45.3 cm³/mol. The molecule has 0 fully saturated rings. The first-order chi connectivity index (χ1) is 3.95. The molecule has 0 amide bonds. The highest BCUT2D eigenvalue weighted by Crippen LogP contribution is 1.91. The van der Waals surface area contributed by atoms with Crippen LogP contribution in [-0.2, 0) is 9.53 Å². The lowest BCUT2D eigenvalue weighted by molar-refractivity contribution is -0.150. The zero-order valence-corrected chi connectivity index (χ0v) is 7.19. The van der Waals surface area contributed by atoms with Crippen molar-refractivity contribution in [3.05, 3.63) is 12.7 Å². The summed E-state index contributed by atoms with van der Waals surface area (Å²) in [5, 5.41) is 0. The fourth-order valence-electron chi connectivity index (χ4n) is 0.258. The monoisotopic (exact) mass is 183 g/mol. The first-order valence-electron chi connectivity index (χ1n) is 2.39. The van der Waals surface area contributed by atoms with Crippen LogP contribution >= 0.6 is 12.4 Å². The van der Waals surface area contributed by atoms with Gasteiger partial charge in [-0.2, -0.15) is 0 Å². The normalized spacial score (nSPS) is 8.64. The fourth-order valence-corrected chi connectivity index (χ4v) is 0.258. The molecule has 0 saturated heterocycles. The van der Waals surface area contributed by atoms with Crippen LogP contribution in [0.2, 0.25) is 0 Å². The lowest BCUT2D eigenvalue weighted by atomic mass is 10.5. The van der Waals surface area contributed by atoms with Gasteiger partial charge in [0.25, 0.3) is 0 Å². The maximum absolute atomic E-state index is 10.3. The third-order valence-electron chi connectivity index (χ3n) is 0.487. The number of hydrogen-bond donors (Lipinski definition) is 3. The Morgan fingerprint density at radius 2 is 2.00 bits per heavy atom. The van der Waals surface area contributed by atoms with Crippen LogP contribution < -0.4 is 17.6 Å². The van der Waals surface area contributed by atoms with Crippen molar-refractivity contribution in [2.45, 2.75) is 12.8 Å². The van der Waals surface area contributed by atoms with E-state index in [-0.39, 0.29) is 18.6 Å². The number of carbonyl (C=O) groups is 1. The number of hydrogen-bond acceptors (Lipinski definition) is 5. The summed E-state index contributed by atoms with van der Waals surface area (Å²) in [4.78, 5) is 10.3. The highest BCUT2D eigenvalue weighted by Gasteiger charge is 2.14. The van der Waals surface area contributed by atoms with Crippen molar-refractivity contribution in [3.63, 3.8) is 0 Å². The molecule has 0 heterocycles. The molecule has 7 N–H and O–H groups in total. The highest BCUT2D eigenvalue weighted by atomic mass is 35.5. The molecular weight excluding hydrogens is 170 g/mol. The molecular formula is C5H14ClN3O2. The summed E-state index contributed by atoms with van der Waals surface area (Å²) in [6.07, 6.45) is 0.998. The van der Waals surface area contributed by atoms with Crippen LogP contribution in [0.3, 0.4) is 0 Å². The molecule has 0 radical (unpaired) electrons. The Bertz CT molecular complexity index is 132. The summed E-state index contributed by atoms with van der Waals surface area (Å²) in [7, 11) is 0. The summed E-state index contributed by atoms with van der Waals surface area (Å²) < 4.78 is 4.39. The Morgan fingerprint density at radius 1 is 1.64 bits per heavy atom. The van der Waals surface area contributed by atoms with Gasteiger partial charge in [-0.25, -0.2) is 4.79 Å². The zero-order valence-electron chi connectivity index (χ0n) is 6.37.